The minimum Gasteiger partial charge on any atom is -0.481 e. The van der Waals surface area contributed by atoms with Crippen LogP contribution >= 0.6 is 0 Å². The van der Waals surface area contributed by atoms with Crippen LogP contribution in [0.3, 0.4) is 0 Å². The van der Waals surface area contributed by atoms with E-state index in [9.17, 15) is 9.90 Å². The molecule has 2 rings (SSSR count). The minimum atomic E-state index is -0.731. The number of carbonyl (C=O) groups is 1. The van der Waals surface area contributed by atoms with E-state index in [1.807, 2.05) is 55.5 Å². The van der Waals surface area contributed by atoms with Gasteiger partial charge in [-0.1, -0.05) is 60.2 Å². The number of carboxylic acids is 1. The van der Waals surface area contributed by atoms with E-state index in [2.05, 4.69) is 6.07 Å². The highest BCUT2D eigenvalue weighted by atomic mass is 16.4. The molecule has 0 heterocycles. The molecule has 0 saturated carbocycles. The summed E-state index contributed by atoms with van der Waals surface area (Å²) >= 11 is 0. The van der Waals surface area contributed by atoms with Gasteiger partial charge in [0, 0.05) is 0 Å². The van der Waals surface area contributed by atoms with Gasteiger partial charge in [0.2, 0.25) is 0 Å². The van der Waals surface area contributed by atoms with E-state index in [-0.39, 0.29) is 5.92 Å². The lowest BCUT2D eigenvalue weighted by atomic mass is 9.92. The molecule has 1 atom stereocenters. The van der Waals surface area contributed by atoms with Crippen LogP contribution < -0.4 is 0 Å². The molecule has 19 heavy (non-hydrogen) atoms. The van der Waals surface area contributed by atoms with Crippen molar-refractivity contribution in [3.63, 3.8) is 0 Å². The SMILES string of the molecule is Cc1cccc(CC(Cc2ccccc2)C(=O)O)c1. The highest BCUT2D eigenvalue weighted by Crippen LogP contribution is 2.16. The molecule has 0 aliphatic rings. The Bertz CT molecular complexity index is 546. The Balaban J connectivity index is 2.11. The maximum Gasteiger partial charge on any atom is 0.307 e. The van der Waals surface area contributed by atoms with Gasteiger partial charge in [0.25, 0.3) is 0 Å². The second-order valence-corrected chi connectivity index (χ2v) is 4.92. The standard InChI is InChI=1S/C17H18O2/c1-13-6-5-9-15(10-13)12-16(17(18)19)11-14-7-3-2-4-8-14/h2-10,16H,11-12H2,1H3,(H,18,19). The van der Waals surface area contributed by atoms with E-state index in [4.69, 9.17) is 0 Å². The molecule has 2 aromatic rings. The van der Waals surface area contributed by atoms with Crippen molar-refractivity contribution in [2.24, 2.45) is 5.92 Å². The van der Waals surface area contributed by atoms with Crippen LogP contribution in [0, 0.1) is 12.8 Å². The molecule has 2 aromatic carbocycles. The van der Waals surface area contributed by atoms with Gasteiger partial charge in [-0.2, -0.15) is 0 Å². The fourth-order valence-corrected chi connectivity index (χ4v) is 2.27. The Hall–Kier alpha value is -2.09. The molecular weight excluding hydrogens is 236 g/mol. The molecule has 2 nitrogen and oxygen atoms in total. The number of benzene rings is 2. The van der Waals surface area contributed by atoms with Crippen molar-refractivity contribution < 1.29 is 9.90 Å². The number of hydrogen-bond donors (Lipinski definition) is 1. The van der Waals surface area contributed by atoms with Crippen molar-refractivity contribution in [1.29, 1.82) is 0 Å². The molecule has 0 aliphatic heterocycles. The van der Waals surface area contributed by atoms with Gasteiger partial charge < -0.3 is 5.11 Å². The van der Waals surface area contributed by atoms with Gasteiger partial charge in [0.15, 0.2) is 0 Å². The fourth-order valence-electron chi connectivity index (χ4n) is 2.27. The van der Waals surface area contributed by atoms with E-state index in [0.717, 1.165) is 11.1 Å². The Labute approximate surface area is 113 Å². The molecule has 0 spiro atoms. The van der Waals surface area contributed by atoms with Crippen molar-refractivity contribution in [3.05, 3.63) is 71.3 Å². The monoisotopic (exact) mass is 254 g/mol. The molecule has 0 aliphatic carbocycles. The van der Waals surface area contributed by atoms with Crippen molar-refractivity contribution in [1.82, 2.24) is 0 Å². The zero-order valence-corrected chi connectivity index (χ0v) is 11.0. The Morgan fingerprint density at radius 2 is 1.63 bits per heavy atom. The first-order valence-corrected chi connectivity index (χ1v) is 6.47. The molecule has 1 unspecified atom stereocenters. The van der Waals surface area contributed by atoms with Crippen LogP contribution in [0.4, 0.5) is 0 Å². The number of aliphatic carboxylic acids is 1. The lowest BCUT2D eigenvalue weighted by Crippen LogP contribution is -2.19. The van der Waals surface area contributed by atoms with Gasteiger partial charge >= 0.3 is 5.97 Å². The van der Waals surface area contributed by atoms with E-state index >= 15 is 0 Å². The topological polar surface area (TPSA) is 37.3 Å². The lowest BCUT2D eigenvalue weighted by Gasteiger charge is -2.13. The van der Waals surface area contributed by atoms with Crippen LogP contribution in [0.5, 0.6) is 0 Å². The number of aryl methyl sites for hydroxylation is 1. The summed E-state index contributed by atoms with van der Waals surface area (Å²) in [5.74, 6) is -1.10. The predicted molar refractivity (Wildman–Crippen MR) is 76.2 cm³/mol. The van der Waals surface area contributed by atoms with Gasteiger partial charge in [-0.3, -0.25) is 4.79 Å². The van der Waals surface area contributed by atoms with Crippen molar-refractivity contribution >= 4 is 5.97 Å². The third-order valence-electron chi connectivity index (χ3n) is 3.24. The Morgan fingerprint density at radius 1 is 1.00 bits per heavy atom. The summed E-state index contributed by atoms with van der Waals surface area (Å²) in [6.45, 7) is 2.02. The maximum absolute atomic E-state index is 11.4. The minimum absolute atomic E-state index is 0.371. The summed E-state index contributed by atoms with van der Waals surface area (Å²) in [5, 5.41) is 9.37. The Kier molecular flexibility index (Phi) is 4.35. The van der Waals surface area contributed by atoms with Crippen LogP contribution in [-0.4, -0.2) is 11.1 Å². The van der Waals surface area contributed by atoms with E-state index < -0.39 is 5.97 Å². The average Bonchev–Trinajstić information content (AvgIpc) is 2.39. The molecule has 0 radical (unpaired) electrons. The van der Waals surface area contributed by atoms with Gasteiger partial charge in [0.05, 0.1) is 5.92 Å². The van der Waals surface area contributed by atoms with Crippen molar-refractivity contribution in [2.45, 2.75) is 19.8 Å². The summed E-state index contributed by atoms with van der Waals surface area (Å²) in [5.41, 5.74) is 3.33. The van der Waals surface area contributed by atoms with Gasteiger partial charge in [0.1, 0.15) is 0 Å². The van der Waals surface area contributed by atoms with Crippen LogP contribution in [0.15, 0.2) is 54.6 Å². The van der Waals surface area contributed by atoms with Crippen LogP contribution in [0.1, 0.15) is 16.7 Å². The summed E-state index contributed by atoms with van der Waals surface area (Å²) in [4.78, 5) is 11.4. The highest BCUT2D eigenvalue weighted by Gasteiger charge is 2.18. The highest BCUT2D eigenvalue weighted by molar-refractivity contribution is 5.70. The normalized spacial score (nSPS) is 12.1. The van der Waals surface area contributed by atoms with E-state index in [0.29, 0.717) is 12.8 Å². The van der Waals surface area contributed by atoms with Crippen LogP contribution in [-0.2, 0) is 17.6 Å². The average molecular weight is 254 g/mol. The molecule has 0 saturated heterocycles. The summed E-state index contributed by atoms with van der Waals surface area (Å²) in [7, 11) is 0. The zero-order chi connectivity index (χ0) is 13.7. The molecular formula is C17H18O2. The third kappa shape index (κ3) is 3.95. The fraction of sp³-hybridized carbons (Fsp3) is 0.235. The van der Waals surface area contributed by atoms with Crippen LogP contribution in [0.2, 0.25) is 0 Å². The maximum atomic E-state index is 11.4. The van der Waals surface area contributed by atoms with Crippen LogP contribution in [0.25, 0.3) is 0 Å². The first-order chi connectivity index (χ1) is 9.15. The second kappa shape index (κ2) is 6.19. The van der Waals surface area contributed by atoms with Crippen molar-refractivity contribution in [2.75, 3.05) is 0 Å². The summed E-state index contributed by atoms with van der Waals surface area (Å²) in [6, 6.07) is 17.8. The molecule has 0 bridgehead atoms. The summed E-state index contributed by atoms with van der Waals surface area (Å²) in [6.07, 6.45) is 1.15. The molecule has 0 fully saturated rings. The third-order valence-corrected chi connectivity index (χ3v) is 3.24. The summed E-state index contributed by atoms with van der Waals surface area (Å²) < 4.78 is 0. The Morgan fingerprint density at radius 3 is 2.26 bits per heavy atom. The van der Waals surface area contributed by atoms with Gasteiger partial charge in [-0.25, -0.2) is 0 Å². The molecule has 2 heteroatoms. The molecule has 0 amide bonds. The van der Waals surface area contributed by atoms with Gasteiger partial charge in [-0.05, 0) is 30.9 Å². The number of carboxylic acid groups (broad SMARTS) is 1. The van der Waals surface area contributed by atoms with Gasteiger partial charge in [-0.15, -0.1) is 0 Å². The predicted octanol–water partition coefficient (Wildman–Crippen LogP) is 3.48. The first kappa shape index (κ1) is 13.3. The lowest BCUT2D eigenvalue weighted by molar-refractivity contribution is -0.141. The van der Waals surface area contributed by atoms with E-state index in [1.54, 1.807) is 0 Å². The number of rotatable bonds is 5. The number of hydrogen-bond acceptors (Lipinski definition) is 1. The van der Waals surface area contributed by atoms with Crippen molar-refractivity contribution in [3.8, 4) is 0 Å². The molecule has 0 aromatic heterocycles. The quantitative estimate of drug-likeness (QED) is 0.887. The van der Waals surface area contributed by atoms with E-state index in [1.165, 1.54) is 5.56 Å². The smallest absolute Gasteiger partial charge is 0.307 e. The largest absolute Gasteiger partial charge is 0.481 e. The first-order valence-electron chi connectivity index (χ1n) is 6.47. The molecule has 98 valence electrons. The zero-order valence-electron chi connectivity index (χ0n) is 11.0. The molecule has 1 N–H and O–H groups in total. The second-order valence-electron chi connectivity index (χ2n) is 4.92.